The summed E-state index contributed by atoms with van der Waals surface area (Å²) in [6.07, 6.45) is 3.31. The highest BCUT2D eigenvalue weighted by molar-refractivity contribution is 14.1. The molecule has 2 heterocycles. The number of aromatic nitrogens is 2. The number of halogens is 1. The third-order valence-electron chi connectivity index (χ3n) is 3.45. The summed E-state index contributed by atoms with van der Waals surface area (Å²) in [6, 6.07) is 0. The molecule has 0 amide bonds. The van der Waals surface area contributed by atoms with Gasteiger partial charge in [-0.1, -0.05) is 0 Å². The van der Waals surface area contributed by atoms with Crippen molar-refractivity contribution in [1.82, 2.24) is 9.78 Å². The molecule has 0 atom stereocenters. The minimum atomic E-state index is -0.441. The van der Waals surface area contributed by atoms with E-state index in [0.29, 0.717) is 6.73 Å². The van der Waals surface area contributed by atoms with E-state index in [1.807, 2.05) is 4.68 Å². The molecule has 1 aromatic heterocycles. The molecule has 1 aliphatic rings. The summed E-state index contributed by atoms with van der Waals surface area (Å²) in [5.74, 6) is 1.11. The number of ether oxygens (including phenoxy) is 3. The van der Waals surface area contributed by atoms with Crippen molar-refractivity contribution in [3.05, 3.63) is 9.26 Å². The predicted molar refractivity (Wildman–Crippen MR) is 84.8 cm³/mol. The van der Waals surface area contributed by atoms with E-state index in [1.54, 1.807) is 21.3 Å². The zero-order valence-electron chi connectivity index (χ0n) is 12.3. The lowest BCUT2D eigenvalue weighted by Gasteiger charge is -2.29. The van der Waals surface area contributed by atoms with Crippen LogP contribution in [0, 0.1) is 3.57 Å². The molecule has 2 rings (SSSR count). The van der Waals surface area contributed by atoms with Gasteiger partial charge in [0.05, 0.1) is 3.57 Å². The van der Waals surface area contributed by atoms with Crippen LogP contribution in [-0.4, -0.2) is 44.2 Å². The van der Waals surface area contributed by atoms with Crippen molar-refractivity contribution in [2.45, 2.75) is 32.3 Å². The number of hydrogen-bond acceptors (Lipinski definition) is 5. The van der Waals surface area contributed by atoms with Gasteiger partial charge in [0, 0.05) is 34.4 Å². The van der Waals surface area contributed by atoms with Crippen molar-refractivity contribution in [2.24, 2.45) is 0 Å². The zero-order valence-corrected chi connectivity index (χ0v) is 14.4. The monoisotopic (exact) mass is 395 g/mol. The Labute approximate surface area is 133 Å². The van der Waals surface area contributed by atoms with Crippen molar-refractivity contribution in [3.8, 4) is 0 Å². The van der Waals surface area contributed by atoms with E-state index < -0.39 is 6.29 Å². The fraction of sp³-hybridized carbons (Fsp3) is 0.769. The molecule has 20 heavy (non-hydrogen) atoms. The van der Waals surface area contributed by atoms with Crippen LogP contribution in [0.2, 0.25) is 0 Å². The molecule has 7 heteroatoms. The first-order valence-electron chi connectivity index (χ1n) is 6.78. The molecule has 6 nitrogen and oxygen atoms in total. The molecule has 0 saturated carbocycles. The first-order chi connectivity index (χ1) is 9.72. The van der Waals surface area contributed by atoms with Gasteiger partial charge >= 0.3 is 0 Å². The Hall–Kier alpha value is -0.380. The van der Waals surface area contributed by atoms with Gasteiger partial charge in [0.1, 0.15) is 18.2 Å². The van der Waals surface area contributed by atoms with Crippen molar-refractivity contribution < 1.29 is 14.2 Å². The second-order valence-electron chi connectivity index (χ2n) is 4.79. The maximum Gasteiger partial charge on any atom is 0.203 e. The minimum Gasteiger partial charge on any atom is -0.362 e. The van der Waals surface area contributed by atoms with Crippen molar-refractivity contribution >= 4 is 28.4 Å². The fourth-order valence-electron chi connectivity index (χ4n) is 2.54. The number of rotatable bonds is 6. The average molecular weight is 395 g/mol. The van der Waals surface area contributed by atoms with Gasteiger partial charge in [-0.15, -0.1) is 0 Å². The fourth-order valence-corrected chi connectivity index (χ4v) is 3.52. The number of anilines is 1. The zero-order chi connectivity index (χ0) is 14.5. The van der Waals surface area contributed by atoms with Gasteiger partial charge < -0.3 is 19.1 Å². The normalized spacial score (nSPS) is 16.1. The molecule has 0 radical (unpaired) electrons. The third kappa shape index (κ3) is 3.26. The summed E-state index contributed by atoms with van der Waals surface area (Å²) in [5, 5.41) is 4.61. The SMILES string of the molecule is COCn1nc(C(OC)OC)c(I)c1N1CCCCC1. The van der Waals surface area contributed by atoms with E-state index in [9.17, 15) is 0 Å². The van der Waals surface area contributed by atoms with Gasteiger partial charge in [0.15, 0.2) is 0 Å². The molecule has 0 N–H and O–H groups in total. The number of methoxy groups -OCH3 is 3. The van der Waals surface area contributed by atoms with Crippen LogP contribution in [0.15, 0.2) is 0 Å². The molecule has 1 saturated heterocycles. The van der Waals surface area contributed by atoms with Crippen LogP contribution in [-0.2, 0) is 20.9 Å². The lowest BCUT2D eigenvalue weighted by molar-refractivity contribution is -0.109. The van der Waals surface area contributed by atoms with E-state index in [2.05, 4.69) is 32.6 Å². The number of hydrogen-bond donors (Lipinski definition) is 0. The third-order valence-corrected chi connectivity index (χ3v) is 4.49. The van der Waals surface area contributed by atoms with Crippen LogP contribution in [0.25, 0.3) is 0 Å². The van der Waals surface area contributed by atoms with Gasteiger partial charge in [0.2, 0.25) is 6.29 Å². The smallest absolute Gasteiger partial charge is 0.203 e. The second-order valence-corrected chi connectivity index (χ2v) is 5.87. The Bertz CT molecular complexity index is 429. The topological polar surface area (TPSA) is 48.8 Å². The van der Waals surface area contributed by atoms with Crippen molar-refractivity contribution in [2.75, 3.05) is 39.3 Å². The van der Waals surface area contributed by atoms with E-state index in [4.69, 9.17) is 14.2 Å². The molecule has 1 fully saturated rings. The molecule has 1 aliphatic heterocycles. The quantitative estimate of drug-likeness (QED) is 0.547. The van der Waals surface area contributed by atoms with Crippen molar-refractivity contribution in [3.63, 3.8) is 0 Å². The lowest BCUT2D eigenvalue weighted by atomic mass is 10.1. The molecule has 0 bridgehead atoms. The largest absolute Gasteiger partial charge is 0.362 e. The summed E-state index contributed by atoms with van der Waals surface area (Å²) in [6.45, 7) is 2.56. The van der Waals surface area contributed by atoms with Gasteiger partial charge in [-0.3, -0.25) is 0 Å². The standard InChI is InChI=1S/C13H22IN3O3/c1-18-9-17-12(16-7-5-4-6-8-16)10(14)11(15-17)13(19-2)20-3/h13H,4-9H2,1-3H3. The maximum absolute atomic E-state index is 5.34. The molecule has 0 spiro atoms. The first kappa shape index (κ1) is 16.0. The van der Waals surface area contributed by atoms with Crippen LogP contribution in [0.1, 0.15) is 31.2 Å². The highest BCUT2D eigenvalue weighted by atomic mass is 127. The predicted octanol–water partition coefficient (Wildman–Crippen LogP) is 2.37. The summed E-state index contributed by atoms with van der Waals surface area (Å²) in [7, 11) is 4.93. The first-order valence-corrected chi connectivity index (χ1v) is 7.86. The average Bonchev–Trinajstić information content (AvgIpc) is 2.79. The second kappa shape index (κ2) is 7.58. The summed E-state index contributed by atoms with van der Waals surface area (Å²) < 4.78 is 18.9. The molecular formula is C13H22IN3O3. The van der Waals surface area contributed by atoms with Crippen LogP contribution in [0.3, 0.4) is 0 Å². The van der Waals surface area contributed by atoms with Gasteiger partial charge in [-0.2, -0.15) is 5.10 Å². The number of piperidine rings is 1. The molecule has 1 aromatic rings. The Balaban J connectivity index is 2.36. The number of nitrogens with zero attached hydrogens (tertiary/aromatic N) is 3. The maximum atomic E-state index is 5.34. The highest BCUT2D eigenvalue weighted by Gasteiger charge is 2.26. The van der Waals surface area contributed by atoms with Crippen LogP contribution in [0.4, 0.5) is 5.82 Å². The summed E-state index contributed by atoms with van der Waals surface area (Å²) in [4.78, 5) is 2.38. The van der Waals surface area contributed by atoms with E-state index in [-0.39, 0.29) is 0 Å². The minimum absolute atomic E-state index is 0.433. The Kier molecular flexibility index (Phi) is 6.06. The Morgan fingerprint density at radius 2 is 1.80 bits per heavy atom. The van der Waals surface area contributed by atoms with E-state index in [1.165, 1.54) is 19.3 Å². The lowest BCUT2D eigenvalue weighted by Crippen LogP contribution is -2.32. The highest BCUT2D eigenvalue weighted by Crippen LogP contribution is 2.32. The van der Waals surface area contributed by atoms with E-state index >= 15 is 0 Å². The van der Waals surface area contributed by atoms with Crippen LogP contribution >= 0.6 is 22.6 Å². The molecule has 114 valence electrons. The molecule has 0 aromatic carbocycles. The summed E-state index contributed by atoms with van der Waals surface area (Å²) >= 11 is 2.33. The Morgan fingerprint density at radius 1 is 1.15 bits per heavy atom. The van der Waals surface area contributed by atoms with Gasteiger partial charge in [0.25, 0.3) is 0 Å². The van der Waals surface area contributed by atoms with Gasteiger partial charge in [-0.05, 0) is 41.9 Å². The Morgan fingerprint density at radius 3 is 2.35 bits per heavy atom. The van der Waals surface area contributed by atoms with Crippen LogP contribution in [0.5, 0.6) is 0 Å². The van der Waals surface area contributed by atoms with Gasteiger partial charge in [-0.25, -0.2) is 4.68 Å². The molecule has 0 unspecified atom stereocenters. The van der Waals surface area contributed by atoms with E-state index in [0.717, 1.165) is 28.2 Å². The van der Waals surface area contributed by atoms with Crippen molar-refractivity contribution in [1.29, 1.82) is 0 Å². The molecular weight excluding hydrogens is 373 g/mol. The van der Waals surface area contributed by atoms with Crippen LogP contribution < -0.4 is 4.90 Å². The summed E-state index contributed by atoms with van der Waals surface area (Å²) in [5.41, 5.74) is 0.813. The molecule has 0 aliphatic carbocycles.